The van der Waals surface area contributed by atoms with E-state index in [2.05, 4.69) is 15.3 Å². The minimum absolute atomic E-state index is 0.00772. The first kappa shape index (κ1) is 19.5. The van der Waals surface area contributed by atoms with Gasteiger partial charge in [-0.3, -0.25) is 0 Å². The molecule has 9 heteroatoms. The van der Waals surface area contributed by atoms with Crippen molar-refractivity contribution in [2.24, 2.45) is 0 Å². The number of rotatable bonds is 6. The van der Waals surface area contributed by atoms with Crippen molar-refractivity contribution in [1.82, 2.24) is 14.3 Å². The average molecular weight is 394 g/mol. The van der Waals surface area contributed by atoms with Gasteiger partial charge in [-0.05, 0) is 37.5 Å². The second-order valence-electron chi connectivity index (χ2n) is 6.29. The lowest BCUT2D eigenvalue weighted by Gasteiger charge is -2.26. The predicted molar refractivity (Wildman–Crippen MR) is 100 cm³/mol. The molecule has 1 N–H and O–H groups in total. The molecule has 146 valence electrons. The molecule has 1 fully saturated rings. The molecule has 3 rings (SSSR count). The monoisotopic (exact) mass is 394 g/mol. The molecule has 0 spiro atoms. The molecule has 0 atom stereocenters. The van der Waals surface area contributed by atoms with Crippen LogP contribution in [0.3, 0.4) is 0 Å². The summed E-state index contributed by atoms with van der Waals surface area (Å²) in [5.41, 5.74) is 0.702. The summed E-state index contributed by atoms with van der Waals surface area (Å²) < 4.78 is 47.2. The quantitative estimate of drug-likeness (QED) is 0.810. The highest BCUT2D eigenvalue weighted by atomic mass is 32.2. The zero-order chi connectivity index (χ0) is 19.4. The Labute approximate surface area is 158 Å². The Balaban J connectivity index is 1.97. The molecule has 0 saturated carbocycles. The van der Waals surface area contributed by atoms with E-state index >= 15 is 0 Å². The first-order valence-electron chi connectivity index (χ1n) is 8.92. The molecule has 1 aromatic carbocycles. The zero-order valence-corrected chi connectivity index (χ0v) is 16.2. The van der Waals surface area contributed by atoms with Gasteiger partial charge in [-0.1, -0.05) is 13.3 Å². The maximum absolute atomic E-state index is 14.4. The van der Waals surface area contributed by atoms with Crippen LogP contribution in [0.4, 0.5) is 15.9 Å². The van der Waals surface area contributed by atoms with Crippen LogP contribution in [-0.2, 0) is 16.4 Å². The number of piperidine rings is 1. The smallest absolute Gasteiger partial charge is 0.246 e. The SMILES string of the molecule is CCc1ncnc(Nc2ccc(OC)c(S(=O)(=O)N3CCCCC3)c2)c1F. The molecule has 1 aliphatic heterocycles. The normalized spacial score (nSPS) is 15.5. The molecule has 2 heterocycles. The lowest BCUT2D eigenvalue weighted by molar-refractivity contribution is 0.343. The minimum atomic E-state index is -3.70. The van der Waals surface area contributed by atoms with Gasteiger partial charge < -0.3 is 10.1 Å². The zero-order valence-electron chi connectivity index (χ0n) is 15.4. The fourth-order valence-corrected chi connectivity index (χ4v) is 4.78. The number of halogens is 1. The van der Waals surface area contributed by atoms with Gasteiger partial charge in [0.2, 0.25) is 10.0 Å². The Kier molecular flexibility index (Phi) is 5.91. The van der Waals surface area contributed by atoms with Gasteiger partial charge in [-0.2, -0.15) is 4.31 Å². The molecule has 0 unspecified atom stereocenters. The lowest BCUT2D eigenvalue weighted by Crippen LogP contribution is -2.35. The van der Waals surface area contributed by atoms with Gasteiger partial charge in [-0.25, -0.2) is 22.8 Å². The van der Waals surface area contributed by atoms with Crippen molar-refractivity contribution >= 4 is 21.5 Å². The van der Waals surface area contributed by atoms with Crippen molar-refractivity contribution in [3.8, 4) is 5.75 Å². The Hall–Kier alpha value is -2.26. The average Bonchev–Trinajstić information content (AvgIpc) is 2.70. The van der Waals surface area contributed by atoms with Crippen LogP contribution in [-0.4, -0.2) is 42.9 Å². The van der Waals surface area contributed by atoms with Gasteiger partial charge in [0.1, 0.15) is 17.0 Å². The van der Waals surface area contributed by atoms with Crippen molar-refractivity contribution in [3.05, 3.63) is 36.0 Å². The first-order chi connectivity index (χ1) is 13.0. The van der Waals surface area contributed by atoms with Crippen molar-refractivity contribution in [2.75, 3.05) is 25.5 Å². The third-order valence-electron chi connectivity index (χ3n) is 4.56. The van der Waals surface area contributed by atoms with Crippen molar-refractivity contribution < 1.29 is 17.5 Å². The van der Waals surface area contributed by atoms with Crippen molar-refractivity contribution in [2.45, 2.75) is 37.5 Å². The third-order valence-corrected chi connectivity index (χ3v) is 6.48. The van der Waals surface area contributed by atoms with Crippen LogP contribution in [0.1, 0.15) is 31.9 Å². The molecule has 0 radical (unpaired) electrons. The molecule has 0 aliphatic carbocycles. The van der Waals surface area contributed by atoms with E-state index in [9.17, 15) is 12.8 Å². The number of sulfonamides is 1. The third kappa shape index (κ3) is 4.03. The molecule has 1 aromatic heterocycles. The van der Waals surface area contributed by atoms with E-state index in [4.69, 9.17) is 4.74 Å². The van der Waals surface area contributed by atoms with Gasteiger partial charge >= 0.3 is 0 Å². The van der Waals surface area contributed by atoms with Crippen LogP contribution in [0.5, 0.6) is 5.75 Å². The van der Waals surface area contributed by atoms with Crippen LogP contribution < -0.4 is 10.1 Å². The minimum Gasteiger partial charge on any atom is -0.495 e. The molecule has 1 saturated heterocycles. The highest BCUT2D eigenvalue weighted by Crippen LogP contribution is 2.32. The largest absolute Gasteiger partial charge is 0.495 e. The number of nitrogens with zero attached hydrogens (tertiary/aromatic N) is 3. The predicted octanol–water partition coefficient (Wildman–Crippen LogP) is 3.10. The van der Waals surface area contributed by atoms with Gasteiger partial charge in [0.25, 0.3) is 0 Å². The van der Waals surface area contributed by atoms with Crippen molar-refractivity contribution in [1.29, 1.82) is 0 Å². The highest BCUT2D eigenvalue weighted by Gasteiger charge is 2.29. The van der Waals surface area contributed by atoms with E-state index in [1.807, 2.05) is 0 Å². The Morgan fingerprint density at radius 1 is 1.22 bits per heavy atom. The molecular weight excluding hydrogens is 371 g/mol. The number of ether oxygens (including phenoxy) is 1. The van der Waals surface area contributed by atoms with Gasteiger partial charge in [0, 0.05) is 18.8 Å². The molecule has 0 bridgehead atoms. The number of methoxy groups -OCH3 is 1. The van der Waals surface area contributed by atoms with E-state index in [0.717, 1.165) is 19.3 Å². The summed E-state index contributed by atoms with van der Waals surface area (Å²) in [5, 5.41) is 2.85. The molecule has 2 aromatic rings. The summed E-state index contributed by atoms with van der Waals surface area (Å²) >= 11 is 0. The molecule has 1 aliphatic rings. The fraction of sp³-hybridized carbons (Fsp3) is 0.444. The molecule has 0 amide bonds. The van der Waals surface area contributed by atoms with Crippen LogP contribution in [0.15, 0.2) is 29.4 Å². The van der Waals surface area contributed by atoms with E-state index in [1.165, 1.54) is 23.8 Å². The Bertz CT molecular complexity index is 915. The number of anilines is 2. The highest BCUT2D eigenvalue weighted by molar-refractivity contribution is 7.89. The summed E-state index contributed by atoms with van der Waals surface area (Å²) in [7, 11) is -2.27. The second kappa shape index (κ2) is 8.18. The molecule has 7 nitrogen and oxygen atoms in total. The summed E-state index contributed by atoms with van der Waals surface area (Å²) in [4.78, 5) is 7.87. The number of hydrogen-bond acceptors (Lipinski definition) is 6. The Morgan fingerprint density at radius 3 is 2.63 bits per heavy atom. The topological polar surface area (TPSA) is 84.4 Å². The maximum Gasteiger partial charge on any atom is 0.246 e. The van der Waals surface area contributed by atoms with E-state index in [-0.39, 0.29) is 16.5 Å². The van der Waals surface area contributed by atoms with Crippen LogP contribution >= 0.6 is 0 Å². The van der Waals surface area contributed by atoms with Gasteiger partial charge in [0.05, 0.1) is 12.8 Å². The standard InChI is InChI=1S/C18H23FN4O3S/c1-3-14-17(19)18(21-12-20-14)22-13-7-8-15(26-2)16(11-13)27(24,25)23-9-5-4-6-10-23/h7-8,11-12H,3-6,9-10H2,1-2H3,(H,20,21,22). The van der Waals surface area contributed by atoms with E-state index in [1.54, 1.807) is 19.1 Å². The fourth-order valence-electron chi connectivity index (χ4n) is 3.08. The number of aromatic nitrogens is 2. The number of nitrogens with one attached hydrogen (secondary N) is 1. The van der Waals surface area contributed by atoms with Crippen molar-refractivity contribution in [3.63, 3.8) is 0 Å². The maximum atomic E-state index is 14.4. The summed E-state index contributed by atoms with van der Waals surface area (Å²) in [6.45, 7) is 2.78. The number of aryl methyl sites for hydroxylation is 1. The lowest BCUT2D eigenvalue weighted by atomic mass is 10.2. The van der Waals surface area contributed by atoms with E-state index in [0.29, 0.717) is 30.9 Å². The second-order valence-corrected chi connectivity index (χ2v) is 8.20. The summed E-state index contributed by atoms with van der Waals surface area (Å²) in [5.74, 6) is -0.284. The van der Waals surface area contributed by atoms with Gasteiger partial charge in [-0.15, -0.1) is 0 Å². The number of hydrogen-bond donors (Lipinski definition) is 1. The molecular formula is C18H23FN4O3S. The van der Waals surface area contributed by atoms with Gasteiger partial charge in [0.15, 0.2) is 11.6 Å². The Morgan fingerprint density at radius 2 is 1.96 bits per heavy atom. The van der Waals surface area contributed by atoms with E-state index < -0.39 is 15.8 Å². The van der Waals surface area contributed by atoms with Crippen LogP contribution in [0, 0.1) is 5.82 Å². The van der Waals surface area contributed by atoms with Crippen LogP contribution in [0.25, 0.3) is 0 Å². The summed E-state index contributed by atoms with van der Waals surface area (Å²) in [6, 6.07) is 4.64. The molecule has 27 heavy (non-hydrogen) atoms. The first-order valence-corrected chi connectivity index (χ1v) is 10.4. The summed E-state index contributed by atoms with van der Waals surface area (Å²) in [6.07, 6.45) is 4.41. The van der Waals surface area contributed by atoms with Crippen LogP contribution in [0.2, 0.25) is 0 Å². The number of benzene rings is 1.